The first-order valence-corrected chi connectivity index (χ1v) is 8.16. The quantitative estimate of drug-likeness (QED) is 0.904. The molecule has 1 N–H and O–H groups in total. The first-order valence-electron chi connectivity index (χ1n) is 7.39. The summed E-state index contributed by atoms with van der Waals surface area (Å²) in [6, 6.07) is 0. The highest BCUT2D eigenvalue weighted by atomic mass is 32.1. The molecule has 0 spiro atoms. The molecule has 112 valence electrons. The van der Waals surface area contributed by atoms with Gasteiger partial charge in [-0.3, -0.25) is 9.69 Å². The second-order valence-electron chi connectivity index (χ2n) is 5.95. The van der Waals surface area contributed by atoms with Crippen molar-refractivity contribution in [3.63, 3.8) is 0 Å². The summed E-state index contributed by atoms with van der Waals surface area (Å²) < 4.78 is 3.87. The van der Waals surface area contributed by atoms with Gasteiger partial charge in [-0.15, -0.1) is 5.10 Å². The maximum absolute atomic E-state index is 12.2. The maximum Gasteiger partial charge on any atom is 0.265 e. The molecule has 0 unspecified atom stereocenters. The highest BCUT2D eigenvalue weighted by molar-refractivity contribution is 7.08. The molecule has 0 bridgehead atoms. The molecule has 0 aliphatic carbocycles. The fraction of sp³-hybridized carbons (Fsp3) is 0.786. The summed E-state index contributed by atoms with van der Waals surface area (Å²) >= 11 is 1.18. The zero-order valence-corrected chi connectivity index (χ0v) is 13.4. The van der Waals surface area contributed by atoms with Crippen LogP contribution in [-0.2, 0) is 6.42 Å². The van der Waals surface area contributed by atoms with Crippen LogP contribution in [0, 0.1) is 0 Å². The van der Waals surface area contributed by atoms with Crippen LogP contribution in [-0.4, -0.2) is 45.6 Å². The van der Waals surface area contributed by atoms with Crippen LogP contribution < -0.4 is 5.32 Å². The number of likely N-dealkylation sites (tertiary alicyclic amines) is 1. The van der Waals surface area contributed by atoms with Crippen LogP contribution in [0.4, 0.5) is 0 Å². The Labute approximate surface area is 124 Å². The molecule has 2 heterocycles. The van der Waals surface area contributed by atoms with Crippen LogP contribution in [0.25, 0.3) is 0 Å². The highest BCUT2D eigenvalue weighted by Gasteiger charge is 2.28. The monoisotopic (exact) mass is 296 g/mol. The van der Waals surface area contributed by atoms with Gasteiger partial charge in [0.05, 0.1) is 5.69 Å². The van der Waals surface area contributed by atoms with E-state index in [1.54, 1.807) is 0 Å². The van der Waals surface area contributed by atoms with Crippen LogP contribution in [0.5, 0.6) is 0 Å². The molecule has 0 saturated carbocycles. The number of nitrogens with zero attached hydrogens (tertiary/aromatic N) is 3. The van der Waals surface area contributed by atoms with Crippen LogP contribution in [0.3, 0.4) is 0 Å². The minimum Gasteiger partial charge on any atom is -0.349 e. The molecule has 1 fully saturated rings. The summed E-state index contributed by atoms with van der Waals surface area (Å²) in [5, 5.41) is 7.03. The topological polar surface area (TPSA) is 58.1 Å². The Morgan fingerprint density at radius 2 is 2.05 bits per heavy atom. The Morgan fingerprint density at radius 3 is 2.70 bits per heavy atom. The number of nitrogens with one attached hydrogen (secondary N) is 1. The van der Waals surface area contributed by atoms with E-state index in [0.29, 0.717) is 11.4 Å². The van der Waals surface area contributed by atoms with E-state index < -0.39 is 0 Å². The number of rotatable bonds is 5. The van der Waals surface area contributed by atoms with Crippen molar-refractivity contribution in [2.75, 3.05) is 19.6 Å². The van der Waals surface area contributed by atoms with Gasteiger partial charge < -0.3 is 5.32 Å². The van der Waals surface area contributed by atoms with Gasteiger partial charge >= 0.3 is 0 Å². The minimum absolute atomic E-state index is 0.000570. The number of amides is 1. The Balaban J connectivity index is 1.92. The summed E-state index contributed by atoms with van der Waals surface area (Å²) in [6.07, 6.45) is 4.59. The minimum atomic E-state index is -0.0399. The van der Waals surface area contributed by atoms with E-state index in [4.69, 9.17) is 0 Å². The SMILES string of the molecule is CCc1nnsc1C(=O)NCC(C)(C)N1CCCCC1. The van der Waals surface area contributed by atoms with Crippen molar-refractivity contribution >= 4 is 17.4 Å². The molecule has 1 aliphatic heterocycles. The molecule has 6 heteroatoms. The molecular formula is C14H24N4OS. The summed E-state index contributed by atoms with van der Waals surface area (Å²) in [5.41, 5.74) is 0.795. The lowest BCUT2D eigenvalue weighted by molar-refractivity contribution is 0.0799. The van der Waals surface area contributed by atoms with Crippen LogP contribution in [0.1, 0.15) is 55.4 Å². The van der Waals surface area contributed by atoms with Crippen LogP contribution in [0.15, 0.2) is 0 Å². The van der Waals surface area contributed by atoms with E-state index in [1.807, 2.05) is 6.92 Å². The number of carbonyl (C=O) groups excluding carboxylic acids is 1. The van der Waals surface area contributed by atoms with Gasteiger partial charge in [-0.2, -0.15) is 0 Å². The molecule has 1 saturated heterocycles. The van der Waals surface area contributed by atoms with Crippen molar-refractivity contribution < 1.29 is 4.79 Å². The van der Waals surface area contributed by atoms with Gasteiger partial charge in [0.15, 0.2) is 0 Å². The number of hydrogen-bond donors (Lipinski definition) is 1. The normalized spacial score (nSPS) is 17.1. The van der Waals surface area contributed by atoms with Gasteiger partial charge in [-0.1, -0.05) is 17.8 Å². The molecule has 0 radical (unpaired) electrons. The number of piperidine rings is 1. The number of hydrogen-bond acceptors (Lipinski definition) is 5. The maximum atomic E-state index is 12.2. The van der Waals surface area contributed by atoms with Gasteiger partial charge in [0.2, 0.25) is 0 Å². The van der Waals surface area contributed by atoms with E-state index in [9.17, 15) is 4.79 Å². The molecule has 1 aromatic heterocycles. The van der Waals surface area contributed by atoms with Crippen molar-refractivity contribution in [1.29, 1.82) is 0 Å². The molecule has 1 aromatic rings. The van der Waals surface area contributed by atoms with Gasteiger partial charge in [-0.05, 0) is 57.7 Å². The van der Waals surface area contributed by atoms with E-state index in [-0.39, 0.29) is 11.4 Å². The average Bonchev–Trinajstić information content (AvgIpc) is 2.94. The molecule has 0 atom stereocenters. The Kier molecular flexibility index (Phi) is 5.10. The fourth-order valence-electron chi connectivity index (χ4n) is 2.60. The third-order valence-corrected chi connectivity index (χ3v) is 4.76. The van der Waals surface area contributed by atoms with Crippen LogP contribution >= 0.6 is 11.5 Å². The van der Waals surface area contributed by atoms with Crippen molar-refractivity contribution in [3.8, 4) is 0 Å². The molecule has 2 rings (SSSR count). The standard InChI is InChI=1S/C14H24N4OS/c1-4-11-12(20-17-16-11)13(19)15-10-14(2,3)18-8-6-5-7-9-18/h4-10H2,1-3H3,(H,15,19). The number of carbonyl (C=O) groups is 1. The van der Waals surface area contributed by atoms with E-state index in [0.717, 1.165) is 25.2 Å². The summed E-state index contributed by atoms with van der Waals surface area (Å²) in [5.74, 6) is -0.0399. The lowest BCUT2D eigenvalue weighted by Gasteiger charge is -2.41. The molecule has 1 aliphatic rings. The Morgan fingerprint density at radius 1 is 1.35 bits per heavy atom. The van der Waals surface area contributed by atoms with Gasteiger partial charge in [0.25, 0.3) is 5.91 Å². The smallest absolute Gasteiger partial charge is 0.265 e. The molecule has 5 nitrogen and oxygen atoms in total. The van der Waals surface area contributed by atoms with Gasteiger partial charge in [0, 0.05) is 12.1 Å². The van der Waals surface area contributed by atoms with Gasteiger partial charge in [0.1, 0.15) is 4.88 Å². The second kappa shape index (κ2) is 6.63. The Bertz CT molecular complexity index is 452. The summed E-state index contributed by atoms with van der Waals surface area (Å²) in [7, 11) is 0. The van der Waals surface area contributed by atoms with Crippen molar-refractivity contribution in [2.24, 2.45) is 0 Å². The summed E-state index contributed by atoms with van der Waals surface area (Å²) in [4.78, 5) is 15.3. The largest absolute Gasteiger partial charge is 0.349 e. The predicted molar refractivity (Wildman–Crippen MR) is 81.1 cm³/mol. The Hall–Kier alpha value is -1.01. The molecule has 20 heavy (non-hydrogen) atoms. The van der Waals surface area contributed by atoms with E-state index in [2.05, 4.69) is 33.7 Å². The molecular weight excluding hydrogens is 272 g/mol. The van der Waals surface area contributed by atoms with Crippen LogP contribution in [0.2, 0.25) is 0 Å². The third kappa shape index (κ3) is 3.55. The number of aryl methyl sites for hydroxylation is 1. The zero-order chi connectivity index (χ0) is 14.6. The lowest BCUT2D eigenvalue weighted by atomic mass is 9.98. The van der Waals surface area contributed by atoms with Crippen molar-refractivity contribution in [2.45, 2.75) is 52.0 Å². The van der Waals surface area contributed by atoms with E-state index >= 15 is 0 Å². The van der Waals surface area contributed by atoms with Gasteiger partial charge in [-0.25, -0.2) is 0 Å². The van der Waals surface area contributed by atoms with Crippen molar-refractivity contribution in [1.82, 2.24) is 19.8 Å². The number of aromatic nitrogens is 2. The predicted octanol–water partition coefficient (Wildman–Crippen LogP) is 2.09. The van der Waals surface area contributed by atoms with Crippen molar-refractivity contribution in [3.05, 3.63) is 10.6 Å². The molecule has 0 aromatic carbocycles. The second-order valence-corrected chi connectivity index (χ2v) is 6.70. The average molecular weight is 296 g/mol. The fourth-order valence-corrected chi connectivity index (χ4v) is 3.27. The molecule has 1 amide bonds. The summed E-state index contributed by atoms with van der Waals surface area (Å²) in [6.45, 7) is 9.31. The first kappa shape index (κ1) is 15.4. The van der Waals surface area contributed by atoms with E-state index in [1.165, 1.54) is 30.8 Å². The highest BCUT2D eigenvalue weighted by Crippen LogP contribution is 2.20. The third-order valence-electron chi connectivity index (χ3n) is 3.99. The zero-order valence-electron chi connectivity index (χ0n) is 12.6. The first-order chi connectivity index (χ1) is 9.54. The lowest BCUT2D eigenvalue weighted by Crippen LogP contribution is -2.53.